The van der Waals surface area contributed by atoms with E-state index in [2.05, 4.69) is 4.98 Å². The van der Waals surface area contributed by atoms with E-state index in [9.17, 15) is 14.4 Å². The van der Waals surface area contributed by atoms with Crippen LogP contribution in [0.4, 0.5) is 0 Å². The predicted octanol–water partition coefficient (Wildman–Crippen LogP) is 2.68. The number of hydrogen-bond donors (Lipinski definition) is 0. The van der Waals surface area contributed by atoms with Gasteiger partial charge in [0.2, 0.25) is 5.91 Å². The lowest BCUT2D eigenvalue weighted by atomic mass is 10.1. The van der Waals surface area contributed by atoms with Crippen molar-refractivity contribution in [2.24, 2.45) is 0 Å². The summed E-state index contributed by atoms with van der Waals surface area (Å²) in [5.41, 5.74) is 1.16. The highest BCUT2D eigenvalue weighted by Crippen LogP contribution is 2.19. The van der Waals surface area contributed by atoms with E-state index in [0.717, 1.165) is 16.3 Å². The van der Waals surface area contributed by atoms with Crippen LogP contribution in [0.15, 0.2) is 60.8 Å². The summed E-state index contributed by atoms with van der Waals surface area (Å²) in [6.07, 6.45) is 1.25. The maximum Gasteiger partial charge on any atom is 0.307 e. The molecule has 2 amide bonds. The van der Waals surface area contributed by atoms with E-state index in [1.165, 1.54) is 12.0 Å². The summed E-state index contributed by atoms with van der Waals surface area (Å²) in [6.45, 7) is 0.776. The zero-order valence-electron chi connectivity index (χ0n) is 20.4. The third kappa shape index (κ3) is 6.17. The number of aromatic nitrogens is 1. The number of esters is 1. The zero-order valence-corrected chi connectivity index (χ0v) is 20.4. The summed E-state index contributed by atoms with van der Waals surface area (Å²) >= 11 is 0. The van der Waals surface area contributed by atoms with Crippen LogP contribution in [-0.2, 0) is 25.7 Å². The number of rotatable bonds is 8. The minimum absolute atomic E-state index is 0.0605. The first-order valence-corrected chi connectivity index (χ1v) is 11.7. The van der Waals surface area contributed by atoms with Crippen molar-refractivity contribution in [1.82, 2.24) is 14.8 Å². The summed E-state index contributed by atoms with van der Waals surface area (Å²) < 4.78 is 16.2. The van der Waals surface area contributed by atoms with Gasteiger partial charge in [-0.1, -0.05) is 36.4 Å². The molecule has 0 spiro atoms. The molecule has 0 N–H and O–H groups in total. The Hall–Kier alpha value is -3.98. The molecular formula is C27H29N3O6. The summed E-state index contributed by atoms with van der Waals surface area (Å²) in [5.74, 6) is -0.306. The second-order valence-corrected chi connectivity index (χ2v) is 8.55. The van der Waals surface area contributed by atoms with Gasteiger partial charge < -0.3 is 24.0 Å². The van der Waals surface area contributed by atoms with Crippen LogP contribution in [0.3, 0.4) is 0 Å². The molecule has 1 saturated heterocycles. The van der Waals surface area contributed by atoms with Gasteiger partial charge in [0.15, 0.2) is 0 Å². The van der Waals surface area contributed by atoms with E-state index in [1.807, 2.05) is 48.5 Å². The number of nitrogens with zero attached hydrogens (tertiary/aromatic N) is 3. The molecule has 1 aliphatic heterocycles. The lowest BCUT2D eigenvalue weighted by Gasteiger charge is -2.24. The molecule has 0 aliphatic carbocycles. The Labute approximate surface area is 209 Å². The van der Waals surface area contributed by atoms with Crippen LogP contribution in [0.25, 0.3) is 10.8 Å². The maximum absolute atomic E-state index is 13.4. The Morgan fingerprint density at radius 3 is 2.61 bits per heavy atom. The summed E-state index contributed by atoms with van der Waals surface area (Å²) in [7, 11) is 2.91. The second-order valence-electron chi connectivity index (χ2n) is 8.55. The van der Waals surface area contributed by atoms with Gasteiger partial charge >= 0.3 is 5.97 Å². The summed E-state index contributed by atoms with van der Waals surface area (Å²) in [4.78, 5) is 45.5. The van der Waals surface area contributed by atoms with Crippen LogP contribution in [0.1, 0.15) is 22.5 Å². The van der Waals surface area contributed by atoms with E-state index in [1.54, 1.807) is 24.3 Å². The molecule has 1 aliphatic rings. The fourth-order valence-corrected chi connectivity index (χ4v) is 4.12. The van der Waals surface area contributed by atoms with Crippen molar-refractivity contribution < 1.29 is 28.6 Å². The van der Waals surface area contributed by atoms with Crippen LogP contribution < -0.4 is 4.74 Å². The van der Waals surface area contributed by atoms with E-state index in [-0.39, 0.29) is 56.7 Å². The highest BCUT2D eigenvalue weighted by molar-refractivity contribution is 5.98. The van der Waals surface area contributed by atoms with Gasteiger partial charge in [-0.2, -0.15) is 0 Å². The lowest BCUT2D eigenvalue weighted by Crippen LogP contribution is -2.40. The Morgan fingerprint density at radius 1 is 1.03 bits per heavy atom. The van der Waals surface area contributed by atoms with Crippen molar-refractivity contribution in [3.05, 3.63) is 72.1 Å². The smallest absolute Gasteiger partial charge is 0.307 e. The fourth-order valence-electron chi connectivity index (χ4n) is 4.12. The molecule has 0 unspecified atom stereocenters. The topological polar surface area (TPSA) is 98.3 Å². The van der Waals surface area contributed by atoms with Crippen LogP contribution in [0.2, 0.25) is 0 Å². The number of fused-ring (bicyclic) bond motifs is 1. The van der Waals surface area contributed by atoms with E-state index >= 15 is 0 Å². The normalized spacial score (nSPS) is 16.1. The first-order valence-electron chi connectivity index (χ1n) is 11.7. The van der Waals surface area contributed by atoms with Crippen LogP contribution in [-0.4, -0.2) is 79.1 Å². The zero-order chi connectivity index (χ0) is 25.5. The summed E-state index contributed by atoms with van der Waals surface area (Å²) in [6, 6.07) is 16.9. The molecular weight excluding hydrogens is 462 g/mol. The number of ether oxygens (including phenoxy) is 3. The molecule has 0 bridgehead atoms. The van der Waals surface area contributed by atoms with Gasteiger partial charge in [-0.3, -0.25) is 19.4 Å². The van der Waals surface area contributed by atoms with Gasteiger partial charge in [-0.25, -0.2) is 0 Å². The third-order valence-corrected chi connectivity index (χ3v) is 6.10. The molecule has 0 saturated carbocycles. The Morgan fingerprint density at radius 2 is 1.83 bits per heavy atom. The first kappa shape index (κ1) is 25.1. The van der Waals surface area contributed by atoms with Crippen molar-refractivity contribution in [2.45, 2.75) is 19.1 Å². The van der Waals surface area contributed by atoms with Crippen molar-refractivity contribution in [2.75, 3.05) is 40.4 Å². The molecule has 3 aromatic rings. The number of benzene rings is 2. The van der Waals surface area contributed by atoms with E-state index < -0.39 is 12.1 Å². The molecule has 2 heterocycles. The maximum atomic E-state index is 13.4. The molecule has 1 atom stereocenters. The molecule has 0 radical (unpaired) electrons. The predicted molar refractivity (Wildman–Crippen MR) is 132 cm³/mol. The van der Waals surface area contributed by atoms with Crippen LogP contribution >= 0.6 is 0 Å². The molecule has 1 fully saturated rings. The quantitative estimate of drug-likeness (QED) is 0.447. The fraction of sp³-hybridized carbons (Fsp3) is 0.333. The van der Waals surface area contributed by atoms with Crippen LogP contribution in [0, 0.1) is 0 Å². The third-order valence-electron chi connectivity index (χ3n) is 6.10. The molecule has 2 aromatic carbocycles. The number of amides is 2. The standard InChI is InChI=1S/C27H29N3O6/c1-34-22-9-5-6-19(12-22)18-36-23-15-29(11-10-26(32)35-2)25(31)17-30(16-23)27(33)24-13-20-7-3-4-8-21(20)14-28-24/h3-9,12-14,23H,10-11,15-18H2,1-2H3/t23-/m0/s1. The van der Waals surface area contributed by atoms with Crippen molar-refractivity contribution in [1.29, 1.82) is 0 Å². The van der Waals surface area contributed by atoms with Gasteiger partial charge in [0.05, 0.1) is 33.4 Å². The monoisotopic (exact) mass is 491 g/mol. The lowest BCUT2D eigenvalue weighted by molar-refractivity contribution is -0.142. The molecule has 188 valence electrons. The second kappa shape index (κ2) is 11.6. The highest BCUT2D eigenvalue weighted by Gasteiger charge is 2.32. The number of hydrogen-bond acceptors (Lipinski definition) is 7. The van der Waals surface area contributed by atoms with Gasteiger partial charge in [-0.05, 0) is 29.1 Å². The minimum atomic E-state index is -0.468. The van der Waals surface area contributed by atoms with Gasteiger partial charge in [0, 0.05) is 31.2 Å². The number of carbonyl (C=O) groups is 3. The largest absolute Gasteiger partial charge is 0.497 e. The number of pyridine rings is 1. The molecule has 9 nitrogen and oxygen atoms in total. The molecule has 1 aromatic heterocycles. The molecule has 36 heavy (non-hydrogen) atoms. The molecule has 9 heteroatoms. The Kier molecular flexibility index (Phi) is 8.12. The van der Waals surface area contributed by atoms with E-state index in [4.69, 9.17) is 14.2 Å². The first-order chi connectivity index (χ1) is 17.5. The average molecular weight is 492 g/mol. The van der Waals surface area contributed by atoms with E-state index in [0.29, 0.717) is 5.75 Å². The minimum Gasteiger partial charge on any atom is -0.497 e. The molecule has 4 rings (SSSR count). The van der Waals surface area contributed by atoms with Crippen molar-refractivity contribution >= 4 is 28.6 Å². The van der Waals surface area contributed by atoms with Gasteiger partial charge in [0.25, 0.3) is 5.91 Å². The van der Waals surface area contributed by atoms with Crippen molar-refractivity contribution in [3.63, 3.8) is 0 Å². The average Bonchev–Trinajstić information content (AvgIpc) is 3.08. The number of methoxy groups -OCH3 is 2. The van der Waals surface area contributed by atoms with Crippen molar-refractivity contribution in [3.8, 4) is 5.75 Å². The highest BCUT2D eigenvalue weighted by atomic mass is 16.5. The number of carbonyl (C=O) groups excluding carboxylic acids is 3. The van der Waals surface area contributed by atoms with Crippen LogP contribution in [0.5, 0.6) is 5.75 Å². The Bertz CT molecular complexity index is 1250. The Balaban J connectivity index is 1.53. The van der Waals surface area contributed by atoms with Gasteiger partial charge in [-0.15, -0.1) is 0 Å². The SMILES string of the molecule is COC(=O)CCN1C[C@H](OCc2cccc(OC)c2)CN(C(=O)c2cc3ccccc3cn2)CC1=O. The summed E-state index contributed by atoms with van der Waals surface area (Å²) in [5, 5.41) is 1.82. The van der Waals surface area contributed by atoms with Gasteiger partial charge in [0.1, 0.15) is 18.0 Å².